The summed E-state index contributed by atoms with van der Waals surface area (Å²) in [5.74, 6) is 0.0273. The Hall–Kier alpha value is -4.36. The molecule has 4 aliphatic rings. The van der Waals surface area contributed by atoms with Gasteiger partial charge in [0.2, 0.25) is 11.8 Å². The first kappa shape index (κ1) is 31.6. The van der Waals surface area contributed by atoms with E-state index in [-0.39, 0.29) is 67.3 Å². The van der Waals surface area contributed by atoms with Crippen LogP contribution in [0.1, 0.15) is 45.9 Å². The lowest BCUT2D eigenvalue weighted by molar-refractivity contribution is -0.137. The number of carbonyl (C=O) groups excluding carboxylic acids is 3. The zero-order valence-electron chi connectivity index (χ0n) is 26.0. The molecule has 2 atom stereocenters. The maximum absolute atomic E-state index is 14.6. The topological polar surface area (TPSA) is 122 Å². The molecule has 1 N–H and O–H groups in total. The number of pyridine rings is 1. The van der Waals surface area contributed by atoms with Gasteiger partial charge in [0.05, 0.1) is 31.4 Å². The number of hydrogen-bond acceptors (Lipinski definition) is 8. The van der Waals surface area contributed by atoms with Crippen molar-refractivity contribution in [3.63, 3.8) is 0 Å². The van der Waals surface area contributed by atoms with E-state index in [0.717, 1.165) is 18.7 Å². The highest BCUT2D eigenvalue weighted by Gasteiger charge is 2.41. The van der Waals surface area contributed by atoms with Crippen LogP contribution in [0.4, 0.5) is 4.39 Å². The number of aryl methyl sites for hydroxylation is 1. The number of piperidine rings is 1. The molecule has 0 aliphatic carbocycles. The van der Waals surface area contributed by atoms with Crippen molar-refractivity contribution in [2.45, 2.75) is 37.9 Å². The summed E-state index contributed by atoms with van der Waals surface area (Å²) in [7, 11) is 1.92. The molecule has 13 heteroatoms. The standard InChI is InChI=1S/C33H40FN7O5/c1-38-14-11-35-29(38)22-41-21-24-19-28(41)33(44)39-12-9-23(10-13-39)20-40(32(43)25-5-2-3-6-26(25)34)15-16-45-17-18-46-30-8-4-7-27(37-30)31(42)36-24/h2-8,11,14,23-24,28H,9-10,12-13,15-22H2,1H3,(H,36,42)/t24-,28-/m0/s1. The molecule has 3 amide bonds. The van der Waals surface area contributed by atoms with E-state index in [4.69, 9.17) is 9.47 Å². The predicted octanol–water partition coefficient (Wildman–Crippen LogP) is 2.12. The van der Waals surface area contributed by atoms with Crippen LogP contribution in [-0.2, 0) is 23.1 Å². The van der Waals surface area contributed by atoms with Crippen LogP contribution in [0.5, 0.6) is 5.88 Å². The second-order valence-electron chi connectivity index (χ2n) is 12.1. The molecule has 0 spiro atoms. The van der Waals surface area contributed by atoms with Crippen LogP contribution in [0.3, 0.4) is 0 Å². The molecule has 2 aromatic heterocycles. The van der Waals surface area contributed by atoms with Gasteiger partial charge in [-0.1, -0.05) is 18.2 Å². The minimum atomic E-state index is -0.558. The van der Waals surface area contributed by atoms with Gasteiger partial charge in [0.1, 0.15) is 23.9 Å². The van der Waals surface area contributed by atoms with E-state index < -0.39 is 11.9 Å². The van der Waals surface area contributed by atoms with Gasteiger partial charge in [0.25, 0.3) is 11.8 Å². The Labute approximate surface area is 267 Å². The quantitative estimate of drug-likeness (QED) is 0.436. The number of amides is 3. The molecule has 2 fully saturated rings. The van der Waals surface area contributed by atoms with Gasteiger partial charge in [0, 0.05) is 64.3 Å². The molecule has 46 heavy (non-hydrogen) atoms. The average Bonchev–Trinajstić information content (AvgIpc) is 3.66. The number of imidazole rings is 1. The molecule has 2 saturated heterocycles. The molecule has 0 saturated carbocycles. The van der Waals surface area contributed by atoms with Gasteiger partial charge < -0.3 is 29.2 Å². The number of ether oxygens (including phenoxy) is 2. The van der Waals surface area contributed by atoms with E-state index in [0.29, 0.717) is 45.0 Å². The Morgan fingerprint density at radius 1 is 1.02 bits per heavy atom. The molecule has 1 aromatic carbocycles. The lowest BCUT2D eigenvalue weighted by atomic mass is 9.95. The van der Waals surface area contributed by atoms with E-state index in [2.05, 4.69) is 20.2 Å². The van der Waals surface area contributed by atoms with Gasteiger partial charge in [-0.25, -0.2) is 14.4 Å². The highest BCUT2D eigenvalue weighted by atomic mass is 19.1. The smallest absolute Gasteiger partial charge is 0.270 e. The summed E-state index contributed by atoms with van der Waals surface area (Å²) >= 11 is 0. The van der Waals surface area contributed by atoms with Gasteiger partial charge in [-0.2, -0.15) is 0 Å². The maximum atomic E-state index is 14.6. The van der Waals surface area contributed by atoms with Crippen LogP contribution >= 0.6 is 0 Å². The summed E-state index contributed by atoms with van der Waals surface area (Å²) in [5.41, 5.74) is 0.251. The fourth-order valence-corrected chi connectivity index (χ4v) is 6.47. The van der Waals surface area contributed by atoms with Crippen molar-refractivity contribution in [1.29, 1.82) is 0 Å². The average molecular weight is 634 g/mol. The molecule has 12 nitrogen and oxygen atoms in total. The predicted molar refractivity (Wildman–Crippen MR) is 165 cm³/mol. The maximum Gasteiger partial charge on any atom is 0.270 e. The van der Waals surface area contributed by atoms with Crippen molar-refractivity contribution in [2.24, 2.45) is 13.0 Å². The second-order valence-corrected chi connectivity index (χ2v) is 12.1. The SMILES string of the molecule is Cn1ccnc1CN1C[C@@H]2C[C@H]1C(=O)N1CCC(CC1)CN(C(=O)c1ccccc1F)CCOCCOc1cccc(n1)C(=O)N2. The number of halogens is 1. The number of aromatic nitrogens is 3. The lowest BCUT2D eigenvalue weighted by Gasteiger charge is -2.37. The molecule has 6 bridgehead atoms. The van der Waals surface area contributed by atoms with E-state index in [1.54, 1.807) is 41.4 Å². The van der Waals surface area contributed by atoms with Crippen molar-refractivity contribution in [2.75, 3.05) is 52.5 Å². The van der Waals surface area contributed by atoms with Gasteiger partial charge in [-0.3, -0.25) is 19.3 Å². The second kappa shape index (κ2) is 14.4. The summed E-state index contributed by atoms with van der Waals surface area (Å²) in [6, 6.07) is 10.3. The third-order valence-corrected chi connectivity index (χ3v) is 9.02. The Balaban J connectivity index is 1.22. The fraction of sp³-hybridized carbons (Fsp3) is 0.485. The lowest BCUT2D eigenvalue weighted by Crippen LogP contribution is -2.49. The first-order chi connectivity index (χ1) is 22.4. The molecule has 0 unspecified atom stereocenters. The molecule has 6 heterocycles. The summed E-state index contributed by atoms with van der Waals surface area (Å²) < 4.78 is 28.0. The number of benzene rings is 1. The Bertz CT molecular complexity index is 1540. The van der Waals surface area contributed by atoms with E-state index in [9.17, 15) is 18.8 Å². The van der Waals surface area contributed by atoms with Crippen molar-refractivity contribution >= 4 is 17.7 Å². The van der Waals surface area contributed by atoms with Gasteiger partial charge in [-0.15, -0.1) is 0 Å². The minimum Gasteiger partial charge on any atom is -0.475 e. The van der Waals surface area contributed by atoms with Crippen molar-refractivity contribution in [3.05, 3.63) is 77.8 Å². The Morgan fingerprint density at radius 3 is 2.63 bits per heavy atom. The van der Waals surface area contributed by atoms with E-state index in [1.165, 1.54) is 12.1 Å². The number of hydrogen-bond donors (Lipinski definition) is 1. The molecule has 0 radical (unpaired) electrons. The van der Waals surface area contributed by atoms with Crippen LogP contribution in [0.2, 0.25) is 0 Å². The number of nitrogens with one attached hydrogen (secondary N) is 1. The van der Waals surface area contributed by atoms with Crippen LogP contribution in [0, 0.1) is 11.7 Å². The zero-order chi connectivity index (χ0) is 32.0. The fourth-order valence-electron chi connectivity index (χ4n) is 6.47. The van der Waals surface area contributed by atoms with Crippen LogP contribution < -0.4 is 10.1 Å². The Morgan fingerprint density at radius 2 is 1.85 bits per heavy atom. The summed E-state index contributed by atoms with van der Waals surface area (Å²) in [6.45, 7) is 3.48. The first-order valence-corrected chi connectivity index (χ1v) is 15.9. The van der Waals surface area contributed by atoms with Gasteiger partial charge in [-0.05, 0) is 43.4 Å². The third-order valence-electron chi connectivity index (χ3n) is 9.02. The van der Waals surface area contributed by atoms with Crippen LogP contribution in [0.25, 0.3) is 0 Å². The third kappa shape index (κ3) is 7.37. The van der Waals surface area contributed by atoms with Crippen LogP contribution in [-0.4, -0.2) is 112 Å². The summed E-state index contributed by atoms with van der Waals surface area (Å²) in [5, 5.41) is 3.08. The monoisotopic (exact) mass is 633 g/mol. The minimum absolute atomic E-state index is 0.0245. The number of likely N-dealkylation sites (tertiary alicyclic amines) is 1. The Kier molecular flexibility index (Phi) is 9.88. The number of rotatable bonds is 3. The normalized spacial score (nSPS) is 23.5. The molecule has 4 aliphatic heterocycles. The van der Waals surface area contributed by atoms with Gasteiger partial charge in [0.15, 0.2) is 0 Å². The van der Waals surface area contributed by atoms with Crippen molar-refractivity contribution in [1.82, 2.24) is 34.6 Å². The number of fused-ring (bicyclic) bond motifs is 10. The largest absolute Gasteiger partial charge is 0.475 e. The van der Waals surface area contributed by atoms with Crippen molar-refractivity contribution < 1.29 is 28.2 Å². The van der Waals surface area contributed by atoms with Crippen molar-refractivity contribution in [3.8, 4) is 5.88 Å². The molecular weight excluding hydrogens is 593 g/mol. The molecule has 244 valence electrons. The zero-order valence-corrected chi connectivity index (χ0v) is 26.0. The number of carbonyl (C=O) groups is 3. The van der Waals surface area contributed by atoms with E-state index in [1.807, 2.05) is 22.7 Å². The van der Waals surface area contributed by atoms with E-state index >= 15 is 0 Å². The number of nitrogens with zero attached hydrogens (tertiary/aromatic N) is 6. The molecule has 7 rings (SSSR count). The van der Waals surface area contributed by atoms with Crippen LogP contribution in [0.15, 0.2) is 54.9 Å². The highest BCUT2D eigenvalue weighted by molar-refractivity contribution is 5.94. The van der Waals surface area contributed by atoms with Gasteiger partial charge >= 0.3 is 0 Å². The summed E-state index contributed by atoms with van der Waals surface area (Å²) in [6.07, 6.45) is 5.51. The molecule has 3 aromatic rings. The first-order valence-electron chi connectivity index (χ1n) is 15.9. The molecular formula is C33H40FN7O5. The summed E-state index contributed by atoms with van der Waals surface area (Å²) in [4.78, 5) is 55.2. The highest BCUT2D eigenvalue weighted by Crippen LogP contribution is 2.26.